The number of ether oxygens (including phenoxy) is 3. The Morgan fingerprint density at radius 2 is 1.85 bits per heavy atom. The maximum absolute atomic E-state index is 12.4. The Labute approximate surface area is 159 Å². The largest absolute Gasteiger partial charge is 0.493 e. The molecular weight excluding hydrogens is 342 g/mol. The highest BCUT2D eigenvalue weighted by molar-refractivity contribution is 6.06. The zero-order chi connectivity index (χ0) is 19.0. The van der Waals surface area contributed by atoms with Gasteiger partial charge in [0.25, 0.3) is 0 Å². The second-order valence-corrected chi connectivity index (χ2v) is 6.99. The Morgan fingerprint density at radius 3 is 2.59 bits per heavy atom. The Balaban J connectivity index is 1.84. The lowest BCUT2D eigenvalue weighted by Gasteiger charge is -2.22. The zero-order valence-corrected chi connectivity index (χ0v) is 15.9. The van der Waals surface area contributed by atoms with Gasteiger partial charge in [-0.25, -0.2) is 0 Å². The molecule has 4 rings (SSSR count). The Kier molecular flexibility index (Phi) is 4.52. The molecule has 27 heavy (non-hydrogen) atoms. The molecule has 0 saturated heterocycles. The van der Waals surface area contributed by atoms with Crippen molar-refractivity contribution in [3.05, 3.63) is 53.1 Å². The molecule has 1 heterocycles. The molecule has 0 aromatic heterocycles. The smallest absolute Gasteiger partial charge is 0.231 e. The van der Waals surface area contributed by atoms with E-state index in [1.165, 1.54) is 0 Å². The van der Waals surface area contributed by atoms with Crippen LogP contribution in [0.5, 0.6) is 17.2 Å². The molecule has 0 unspecified atom stereocenters. The van der Waals surface area contributed by atoms with Crippen molar-refractivity contribution in [2.24, 2.45) is 0 Å². The third kappa shape index (κ3) is 3.25. The summed E-state index contributed by atoms with van der Waals surface area (Å²) in [5.74, 6) is 2.28. The van der Waals surface area contributed by atoms with Crippen LogP contribution < -0.4 is 19.1 Å². The van der Waals surface area contributed by atoms with E-state index in [2.05, 4.69) is 6.92 Å². The molecule has 1 aliphatic carbocycles. The zero-order valence-electron chi connectivity index (χ0n) is 15.9. The van der Waals surface area contributed by atoms with Crippen molar-refractivity contribution in [3.8, 4) is 17.2 Å². The molecule has 0 bridgehead atoms. The van der Waals surface area contributed by atoms with Gasteiger partial charge in [-0.3, -0.25) is 4.79 Å². The van der Waals surface area contributed by atoms with Crippen molar-refractivity contribution >= 4 is 17.0 Å². The highest BCUT2D eigenvalue weighted by atomic mass is 16.7. The maximum Gasteiger partial charge on any atom is 0.231 e. The van der Waals surface area contributed by atoms with Gasteiger partial charge < -0.3 is 19.1 Å². The fourth-order valence-electron chi connectivity index (χ4n) is 3.42. The van der Waals surface area contributed by atoms with Crippen LogP contribution in [0.2, 0.25) is 0 Å². The van der Waals surface area contributed by atoms with Gasteiger partial charge in [-0.1, -0.05) is 6.92 Å². The molecule has 2 aromatic carbocycles. The van der Waals surface area contributed by atoms with Crippen molar-refractivity contribution in [1.82, 2.24) is 0 Å². The predicted molar refractivity (Wildman–Crippen MR) is 105 cm³/mol. The number of benzene rings is 2. The molecule has 0 saturated carbocycles. The highest BCUT2D eigenvalue weighted by Gasteiger charge is 2.26. The average molecular weight is 365 g/mol. The summed E-state index contributed by atoms with van der Waals surface area (Å²) in [6.07, 6.45) is 3.00. The molecule has 0 spiro atoms. The first kappa shape index (κ1) is 17.5. The second-order valence-electron chi connectivity index (χ2n) is 6.99. The van der Waals surface area contributed by atoms with Crippen LogP contribution in [0.3, 0.4) is 0 Å². The lowest BCUT2D eigenvalue weighted by Crippen LogP contribution is -2.12. The summed E-state index contributed by atoms with van der Waals surface area (Å²) in [6.45, 7) is 2.92. The van der Waals surface area contributed by atoms with Crippen molar-refractivity contribution in [2.75, 3.05) is 32.4 Å². The van der Waals surface area contributed by atoms with Gasteiger partial charge in [-0.2, -0.15) is 0 Å². The van der Waals surface area contributed by atoms with E-state index in [0.717, 1.165) is 45.9 Å². The number of carbonyl (C=O) groups is 1. The number of hydrogen-bond acceptors (Lipinski definition) is 5. The molecule has 1 aliphatic heterocycles. The molecule has 0 atom stereocenters. The minimum atomic E-state index is 0.0782. The molecule has 0 radical (unpaired) electrons. The Morgan fingerprint density at radius 1 is 1.07 bits per heavy atom. The SMILES string of the molecule is CCCOc1cc(N(C)C)ccc1C1=CC(=O)Cc2cc3c(cc21)OCO3. The monoisotopic (exact) mass is 365 g/mol. The standard InChI is InChI=1S/C22H23NO4/c1-4-7-25-20-10-15(23(2)3)5-6-17(20)19-11-16(24)8-14-9-21-22(12-18(14)19)27-13-26-21/h5-6,9-12H,4,7-8,13H2,1-3H3. The molecule has 2 aliphatic rings. The molecule has 140 valence electrons. The number of ketones is 1. The van der Waals surface area contributed by atoms with Gasteiger partial charge in [-0.05, 0) is 53.5 Å². The first-order valence-corrected chi connectivity index (χ1v) is 9.18. The van der Waals surface area contributed by atoms with Gasteiger partial charge in [0.15, 0.2) is 17.3 Å². The van der Waals surface area contributed by atoms with E-state index in [-0.39, 0.29) is 12.6 Å². The molecule has 0 amide bonds. The van der Waals surface area contributed by atoms with Crippen LogP contribution in [0, 0.1) is 0 Å². The molecular formula is C22H23NO4. The Hall–Kier alpha value is -2.95. The van der Waals surface area contributed by atoms with Crippen LogP contribution in [0.15, 0.2) is 36.4 Å². The number of anilines is 1. The summed E-state index contributed by atoms with van der Waals surface area (Å²) in [5, 5.41) is 0. The predicted octanol–water partition coefficient (Wildman–Crippen LogP) is 3.83. The fraction of sp³-hybridized carbons (Fsp3) is 0.318. The van der Waals surface area contributed by atoms with Gasteiger partial charge in [0.05, 0.1) is 6.61 Å². The Bertz CT molecular complexity index is 930. The van der Waals surface area contributed by atoms with Crippen LogP contribution in [0.4, 0.5) is 5.69 Å². The van der Waals surface area contributed by atoms with Gasteiger partial charge in [0, 0.05) is 37.8 Å². The third-order valence-electron chi connectivity index (χ3n) is 4.79. The van der Waals surface area contributed by atoms with Crippen LogP contribution in [0.1, 0.15) is 30.0 Å². The van der Waals surface area contributed by atoms with E-state index >= 15 is 0 Å². The lowest BCUT2D eigenvalue weighted by atomic mass is 9.85. The number of fused-ring (bicyclic) bond motifs is 2. The number of carbonyl (C=O) groups excluding carboxylic acids is 1. The summed E-state index contributed by atoms with van der Waals surface area (Å²) in [6, 6.07) is 9.99. The second kappa shape index (κ2) is 6.99. The summed E-state index contributed by atoms with van der Waals surface area (Å²) in [7, 11) is 4.00. The minimum Gasteiger partial charge on any atom is -0.493 e. The van der Waals surface area contributed by atoms with Crippen molar-refractivity contribution in [1.29, 1.82) is 0 Å². The first-order chi connectivity index (χ1) is 13.1. The van der Waals surface area contributed by atoms with E-state index in [1.54, 1.807) is 6.08 Å². The molecule has 5 nitrogen and oxygen atoms in total. The summed E-state index contributed by atoms with van der Waals surface area (Å²) in [4.78, 5) is 14.4. The van der Waals surface area contributed by atoms with E-state index in [4.69, 9.17) is 14.2 Å². The normalized spacial score (nSPS) is 14.6. The average Bonchev–Trinajstić information content (AvgIpc) is 3.11. The highest BCUT2D eigenvalue weighted by Crippen LogP contribution is 2.43. The van der Waals surface area contributed by atoms with Crippen LogP contribution in [-0.2, 0) is 11.2 Å². The van der Waals surface area contributed by atoms with Gasteiger partial charge >= 0.3 is 0 Å². The van der Waals surface area contributed by atoms with Crippen LogP contribution in [-0.4, -0.2) is 33.3 Å². The van der Waals surface area contributed by atoms with E-state index in [1.807, 2.05) is 49.3 Å². The molecule has 5 heteroatoms. The maximum atomic E-state index is 12.4. The lowest BCUT2D eigenvalue weighted by molar-refractivity contribution is -0.114. The van der Waals surface area contributed by atoms with Crippen molar-refractivity contribution in [3.63, 3.8) is 0 Å². The van der Waals surface area contributed by atoms with E-state index in [0.29, 0.717) is 18.8 Å². The van der Waals surface area contributed by atoms with Gasteiger partial charge in [-0.15, -0.1) is 0 Å². The fourth-order valence-corrected chi connectivity index (χ4v) is 3.42. The van der Waals surface area contributed by atoms with E-state index in [9.17, 15) is 4.79 Å². The molecule has 0 N–H and O–H groups in total. The van der Waals surface area contributed by atoms with E-state index < -0.39 is 0 Å². The first-order valence-electron chi connectivity index (χ1n) is 9.18. The van der Waals surface area contributed by atoms with Gasteiger partial charge in [0.2, 0.25) is 6.79 Å². The van der Waals surface area contributed by atoms with Gasteiger partial charge in [0.1, 0.15) is 5.75 Å². The van der Waals surface area contributed by atoms with Crippen LogP contribution in [0.25, 0.3) is 5.57 Å². The number of allylic oxidation sites excluding steroid dienone is 1. The summed E-state index contributed by atoms with van der Waals surface area (Å²) < 4.78 is 17.1. The quantitative estimate of drug-likeness (QED) is 0.806. The van der Waals surface area contributed by atoms with Crippen molar-refractivity contribution in [2.45, 2.75) is 19.8 Å². The summed E-state index contributed by atoms with van der Waals surface area (Å²) in [5.41, 5.74) is 4.80. The number of hydrogen-bond donors (Lipinski definition) is 0. The third-order valence-corrected chi connectivity index (χ3v) is 4.79. The van der Waals surface area contributed by atoms with Crippen molar-refractivity contribution < 1.29 is 19.0 Å². The number of rotatable bonds is 5. The topological polar surface area (TPSA) is 48.0 Å². The molecule has 2 aromatic rings. The van der Waals surface area contributed by atoms with Crippen LogP contribution >= 0.6 is 0 Å². The minimum absolute atomic E-state index is 0.0782. The number of nitrogens with zero attached hydrogens (tertiary/aromatic N) is 1. The molecule has 0 fully saturated rings. The summed E-state index contributed by atoms with van der Waals surface area (Å²) >= 11 is 0.